The number of amides is 1. The number of hydrogen-bond acceptors (Lipinski definition) is 5. The third-order valence-electron chi connectivity index (χ3n) is 5.65. The van der Waals surface area contributed by atoms with E-state index in [1.54, 1.807) is 14.2 Å². The van der Waals surface area contributed by atoms with Crippen molar-refractivity contribution in [3.05, 3.63) is 66.0 Å². The highest BCUT2D eigenvalue weighted by atomic mass is 16.5. The second kappa shape index (κ2) is 9.12. The van der Waals surface area contributed by atoms with E-state index >= 15 is 0 Å². The Morgan fingerprint density at radius 2 is 1.68 bits per heavy atom. The van der Waals surface area contributed by atoms with Crippen molar-refractivity contribution in [1.29, 1.82) is 0 Å². The van der Waals surface area contributed by atoms with Crippen molar-refractivity contribution >= 4 is 11.9 Å². The minimum Gasteiger partial charge on any atom is -0.493 e. The molecule has 0 unspecified atom stereocenters. The summed E-state index contributed by atoms with van der Waals surface area (Å²) in [5.41, 5.74) is 3.23. The summed E-state index contributed by atoms with van der Waals surface area (Å²) in [5.74, 6) is 2.33. The van der Waals surface area contributed by atoms with Gasteiger partial charge in [0.25, 0.3) is 0 Å². The lowest BCUT2D eigenvalue weighted by atomic mass is 10.1. The molecule has 3 aromatic rings. The molecule has 1 amide bonds. The highest BCUT2D eigenvalue weighted by Gasteiger charge is 2.24. The van der Waals surface area contributed by atoms with Gasteiger partial charge in [0.1, 0.15) is 0 Å². The molecule has 1 saturated heterocycles. The molecule has 1 fully saturated rings. The first-order valence-electron chi connectivity index (χ1n) is 10.4. The predicted octanol–water partition coefficient (Wildman–Crippen LogP) is 3.09. The largest absolute Gasteiger partial charge is 0.493 e. The molecule has 0 radical (unpaired) electrons. The van der Waals surface area contributed by atoms with Gasteiger partial charge in [-0.15, -0.1) is 0 Å². The number of methoxy groups -OCH3 is 2. The summed E-state index contributed by atoms with van der Waals surface area (Å²) in [5, 5.41) is 0. The summed E-state index contributed by atoms with van der Waals surface area (Å²) in [7, 11) is 3.20. The number of aryl methyl sites for hydroxylation is 1. The summed E-state index contributed by atoms with van der Waals surface area (Å²) in [6.45, 7) is 4.93. The van der Waals surface area contributed by atoms with Gasteiger partial charge in [0.05, 0.1) is 20.6 Å². The maximum atomic E-state index is 12.8. The number of hydrogen-bond donors (Lipinski definition) is 0. The fraction of sp³-hybridized carbons (Fsp3) is 0.333. The molecular weight excluding hydrogens is 392 g/mol. The van der Waals surface area contributed by atoms with Crippen molar-refractivity contribution in [2.24, 2.45) is 0 Å². The summed E-state index contributed by atoms with van der Waals surface area (Å²) < 4.78 is 12.7. The van der Waals surface area contributed by atoms with E-state index in [0.29, 0.717) is 31.0 Å². The Morgan fingerprint density at radius 3 is 2.35 bits per heavy atom. The SMILES string of the molecule is COc1ccc(CC(=O)N2CCN(c3nccn3-c3ccc(C)cc3)CC2)cc1OC. The van der Waals surface area contributed by atoms with Crippen molar-refractivity contribution in [2.75, 3.05) is 45.3 Å². The first kappa shape index (κ1) is 20.8. The first-order valence-corrected chi connectivity index (χ1v) is 10.4. The van der Waals surface area contributed by atoms with Gasteiger partial charge in [-0.1, -0.05) is 23.8 Å². The maximum absolute atomic E-state index is 12.8. The van der Waals surface area contributed by atoms with Crippen molar-refractivity contribution in [1.82, 2.24) is 14.5 Å². The normalized spacial score (nSPS) is 13.9. The number of nitrogens with zero attached hydrogens (tertiary/aromatic N) is 4. The Labute approximate surface area is 182 Å². The smallest absolute Gasteiger partial charge is 0.227 e. The molecule has 0 bridgehead atoms. The van der Waals surface area contributed by atoms with Crippen LogP contribution in [-0.4, -0.2) is 60.8 Å². The van der Waals surface area contributed by atoms with Gasteiger partial charge in [-0.3, -0.25) is 9.36 Å². The standard InChI is InChI=1S/C24H28N4O3/c1-18-4-7-20(8-5-18)28-11-10-25-24(28)27-14-12-26(13-15-27)23(29)17-19-6-9-21(30-2)22(16-19)31-3/h4-11,16H,12-15,17H2,1-3H3. The highest BCUT2D eigenvalue weighted by Crippen LogP contribution is 2.28. The minimum atomic E-state index is 0.119. The van der Waals surface area contributed by atoms with Crippen molar-refractivity contribution < 1.29 is 14.3 Å². The zero-order chi connectivity index (χ0) is 21.8. The van der Waals surface area contributed by atoms with E-state index in [1.807, 2.05) is 35.5 Å². The van der Waals surface area contributed by atoms with E-state index in [2.05, 4.69) is 45.6 Å². The number of anilines is 1. The van der Waals surface area contributed by atoms with Gasteiger partial charge in [0.15, 0.2) is 11.5 Å². The molecule has 7 nitrogen and oxygen atoms in total. The van der Waals surface area contributed by atoms with Crippen molar-refractivity contribution in [3.8, 4) is 17.2 Å². The molecule has 2 aromatic carbocycles. The molecule has 162 valence electrons. The third-order valence-corrected chi connectivity index (χ3v) is 5.65. The van der Waals surface area contributed by atoms with Crippen LogP contribution in [0.2, 0.25) is 0 Å². The van der Waals surface area contributed by atoms with Gasteiger partial charge in [-0.05, 0) is 36.8 Å². The van der Waals surface area contributed by atoms with E-state index in [-0.39, 0.29) is 5.91 Å². The third kappa shape index (κ3) is 4.50. The van der Waals surface area contributed by atoms with Crippen LogP contribution in [0, 0.1) is 6.92 Å². The fourth-order valence-corrected chi connectivity index (χ4v) is 3.87. The van der Waals surface area contributed by atoms with Crippen LogP contribution in [0.15, 0.2) is 54.9 Å². The van der Waals surface area contributed by atoms with Gasteiger partial charge in [0.2, 0.25) is 11.9 Å². The predicted molar refractivity (Wildman–Crippen MR) is 120 cm³/mol. The van der Waals surface area contributed by atoms with Crippen LogP contribution >= 0.6 is 0 Å². The minimum absolute atomic E-state index is 0.119. The number of carbonyl (C=O) groups is 1. The lowest BCUT2D eigenvalue weighted by Crippen LogP contribution is -2.49. The lowest BCUT2D eigenvalue weighted by molar-refractivity contribution is -0.130. The van der Waals surface area contributed by atoms with E-state index in [1.165, 1.54) is 5.56 Å². The first-order chi connectivity index (χ1) is 15.1. The molecule has 0 saturated carbocycles. The second-order valence-electron chi connectivity index (χ2n) is 7.67. The van der Waals surface area contributed by atoms with Crippen LogP contribution in [0.25, 0.3) is 5.69 Å². The van der Waals surface area contributed by atoms with E-state index in [0.717, 1.165) is 30.3 Å². The number of ether oxygens (including phenoxy) is 2. The average molecular weight is 421 g/mol. The molecule has 0 atom stereocenters. The molecule has 1 aromatic heterocycles. The molecule has 31 heavy (non-hydrogen) atoms. The second-order valence-corrected chi connectivity index (χ2v) is 7.67. The molecule has 1 aliphatic heterocycles. The van der Waals surface area contributed by atoms with E-state index in [4.69, 9.17) is 9.47 Å². The van der Waals surface area contributed by atoms with Crippen LogP contribution in [0.5, 0.6) is 11.5 Å². The summed E-state index contributed by atoms with van der Waals surface area (Å²) in [4.78, 5) is 21.6. The van der Waals surface area contributed by atoms with Crippen LogP contribution in [0.4, 0.5) is 5.95 Å². The number of piperazine rings is 1. The number of aromatic nitrogens is 2. The van der Waals surface area contributed by atoms with E-state index < -0.39 is 0 Å². The molecule has 0 spiro atoms. The Balaban J connectivity index is 1.39. The molecule has 4 rings (SSSR count). The lowest BCUT2D eigenvalue weighted by Gasteiger charge is -2.35. The van der Waals surface area contributed by atoms with Crippen LogP contribution in [0.3, 0.4) is 0 Å². The topological polar surface area (TPSA) is 59.8 Å². The monoisotopic (exact) mass is 420 g/mol. The number of benzene rings is 2. The van der Waals surface area contributed by atoms with Crippen LogP contribution < -0.4 is 14.4 Å². The Hall–Kier alpha value is -3.48. The van der Waals surface area contributed by atoms with Gasteiger partial charge >= 0.3 is 0 Å². The van der Waals surface area contributed by atoms with Gasteiger partial charge in [0, 0.05) is 44.3 Å². The molecule has 7 heteroatoms. The quantitative estimate of drug-likeness (QED) is 0.613. The number of imidazole rings is 1. The molecular formula is C24H28N4O3. The Bertz CT molecular complexity index is 1040. The zero-order valence-electron chi connectivity index (χ0n) is 18.2. The summed E-state index contributed by atoms with van der Waals surface area (Å²) in [6.07, 6.45) is 4.15. The highest BCUT2D eigenvalue weighted by molar-refractivity contribution is 5.79. The Morgan fingerprint density at radius 1 is 0.968 bits per heavy atom. The fourth-order valence-electron chi connectivity index (χ4n) is 3.87. The van der Waals surface area contributed by atoms with Gasteiger partial charge in [-0.2, -0.15) is 0 Å². The number of carbonyl (C=O) groups excluding carboxylic acids is 1. The summed E-state index contributed by atoms with van der Waals surface area (Å²) >= 11 is 0. The molecule has 0 N–H and O–H groups in total. The molecule has 1 aliphatic rings. The Kier molecular flexibility index (Phi) is 6.11. The van der Waals surface area contributed by atoms with Crippen LogP contribution in [0.1, 0.15) is 11.1 Å². The average Bonchev–Trinajstić information content (AvgIpc) is 3.29. The van der Waals surface area contributed by atoms with Gasteiger partial charge in [-0.25, -0.2) is 4.98 Å². The van der Waals surface area contributed by atoms with Crippen LogP contribution in [-0.2, 0) is 11.2 Å². The van der Waals surface area contributed by atoms with E-state index in [9.17, 15) is 4.79 Å². The van der Waals surface area contributed by atoms with Crippen molar-refractivity contribution in [3.63, 3.8) is 0 Å². The van der Waals surface area contributed by atoms with Crippen molar-refractivity contribution in [2.45, 2.75) is 13.3 Å². The maximum Gasteiger partial charge on any atom is 0.227 e. The number of rotatable bonds is 6. The van der Waals surface area contributed by atoms with Gasteiger partial charge < -0.3 is 19.3 Å². The summed E-state index contributed by atoms with van der Waals surface area (Å²) in [6, 6.07) is 14.0. The zero-order valence-corrected chi connectivity index (χ0v) is 18.2. The molecule has 0 aliphatic carbocycles. The molecule has 2 heterocycles.